The number of thiocarbonyl (C=S) groups is 1. The van der Waals surface area contributed by atoms with Crippen molar-refractivity contribution in [2.45, 2.75) is 0 Å². The number of likely N-dealkylation sites (N-methyl/N-ethyl adjacent to an activating group) is 1. The van der Waals surface area contributed by atoms with Gasteiger partial charge in [-0.25, -0.2) is 0 Å². The Bertz CT molecular complexity index is 883. The van der Waals surface area contributed by atoms with Crippen molar-refractivity contribution in [2.75, 3.05) is 19.1 Å². The lowest BCUT2D eigenvalue weighted by Crippen LogP contribution is -2.30. The molecule has 0 spiro atoms. The average molecular weight is 419 g/mol. The molecule has 2 aromatic rings. The summed E-state index contributed by atoms with van der Waals surface area (Å²) in [5, 5.41) is 10.2. The van der Waals surface area contributed by atoms with Crippen LogP contribution in [0.15, 0.2) is 52.6 Å². The summed E-state index contributed by atoms with van der Waals surface area (Å²) in [6.07, 6.45) is 1.71. The Morgan fingerprint density at radius 1 is 1.24 bits per heavy atom. The van der Waals surface area contributed by atoms with Gasteiger partial charge in [0.05, 0.1) is 12.8 Å². The molecule has 0 radical (unpaired) electrons. The van der Waals surface area contributed by atoms with Crippen molar-refractivity contribution in [3.05, 3.63) is 58.2 Å². The summed E-state index contributed by atoms with van der Waals surface area (Å²) >= 11 is 8.83. The van der Waals surface area contributed by atoms with Gasteiger partial charge in [0.1, 0.15) is 5.70 Å². The van der Waals surface area contributed by atoms with Crippen LogP contribution < -0.4 is 9.64 Å². The number of anilines is 1. The van der Waals surface area contributed by atoms with Crippen LogP contribution in [0.4, 0.5) is 5.69 Å². The molecule has 3 rings (SSSR count). The molecule has 0 saturated carbocycles. The maximum atomic E-state index is 12.9. The van der Waals surface area contributed by atoms with Gasteiger partial charge in [-0.15, -0.1) is 0 Å². The number of halogens is 1. The van der Waals surface area contributed by atoms with Crippen LogP contribution in [0.1, 0.15) is 5.56 Å². The second kappa shape index (κ2) is 6.85. The molecule has 1 aliphatic heterocycles. The summed E-state index contributed by atoms with van der Waals surface area (Å²) in [5.74, 6) is 0.132. The van der Waals surface area contributed by atoms with E-state index in [-0.39, 0.29) is 11.7 Å². The molecule has 1 N–H and O–H groups in total. The molecule has 1 heterocycles. The first-order valence-electron chi connectivity index (χ1n) is 7.39. The lowest BCUT2D eigenvalue weighted by atomic mass is 10.1. The summed E-state index contributed by atoms with van der Waals surface area (Å²) in [6, 6.07) is 12.4. The minimum absolute atomic E-state index is 0.0176. The van der Waals surface area contributed by atoms with E-state index in [1.807, 2.05) is 30.3 Å². The third-order valence-corrected chi connectivity index (χ3v) is 5.01. The number of hydrogen-bond acceptors (Lipinski definition) is 4. The molecule has 7 heteroatoms. The van der Waals surface area contributed by atoms with E-state index in [2.05, 4.69) is 15.9 Å². The molecule has 0 unspecified atom stereocenters. The summed E-state index contributed by atoms with van der Waals surface area (Å²) in [5.41, 5.74) is 1.85. The highest BCUT2D eigenvalue weighted by Gasteiger charge is 2.36. The molecule has 1 aliphatic rings. The van der Waals surface area contributed by atoms with E-state index < -0.39 is 0 Å². The Morgan fingerprint density at radius 2 is 1.92 bits per heavy atom. The van der Waals surface area contributed by atoms with Crippen molar-refractivity contribution in [1.82, 2.24) is 4.90 Å². The minimum Gasteiger partial charge on any atom is -0.504 e. The Morgan fingerprint density at radius 3 is 2.56 bits per heavy atom. The van der Waals surface area contributed by atoms with Crippen molar-refractivity contribution in [1.29, 1.82) is 0 Å². The third-order valence-electron chi connectivity index (χ3n) is 3.87. The highest BCUT2D eigenvalue weighted by Crippen LogP contribution is 2.35. The molecule has 128 valence electrons. The van der Waals surface area contributed by atoms with E-state index >= 15 is 0 Å². The van der Waals surface area contributed by atoms with Crippen molar-refractivity contribution in [2.24, 2.45) is 0 Å². The first-order valence-corrected chi connectivity index (χ1v) is 8.59. The first-order chi connectivity index (χ1) is 11.9. The van der Waals surface area contributed by atoms with E-state index in [1.54, 1.807) is 24.1 Å². The highest BCUT2D eigenvalue weighted by atomic mass is 79.9. The van der Waals surface area contributed by atoms with Gasteiger partial charge < -0.3 is 14.7 Å². The van der Waals surface area contributed by atoms with E-state index in [9.17, 15) is 9.90 Å². The van der Waals surface area contributed by atoms with E-state index in [4.69, 9.17) is 17.0 Å². The summed E-state index contributed by atoms with van der Waals surface area (Å²) in [4.78, 5) is 16.1. The van der Waals surface area contributed by atoms with Crippen molar-refractivity contribution in [3.8, 4) is 11.5 Å². The van der Waals surface area contributed by atoms with Crippen molar-refractivity contribution >= 4 is 50.9 Å². The van der Waals surface area contributed by atoms with E-state index in [0.29, 0.717) is 26.6 Å². The van der Waals surface area contributed by atoms with Crippen LogP contribution in [0.3, 0.4) is 0 Å². The second-order valence-electron chi connectivity index (χ2n) is 5.39. The van der Waals surface area contributed by atoms with Gasteiger partial charge in [0.15, 0.2) is 16.6 Å². The number of benzene rings is 2. The minimum atomic E-state index is -0.211. The average Bonchev–Trinajstić information content (AvgIpc) is 2.81. The van der Waals surface area contributed by atoms with E-state index in [1.165, 1.54) is 18.1 Å². The first kappa shape index (κ1) is 17.4. The van der Waals surface area contributed by atoms with Crippen molar-refractivity contribution < 1.29 is 14.6 Å². The standard InChI is InChI=1S/C18H15BrN2O3S/c1-20-14(8-11-9-16(24-2)15(22)10-13(11)19)17(23)21(18(20)25)12-6-4-3-5-7-12/h3-10,22H,1-2H3/b14-8+. The number of carbonyl (C=O) groups excluding carboxylic acids is 1. The quantitative estimate of drug-likeness (QED) is 0.607. The fourth-order valence-corrected chi connectivity index (χ4v) is 3.27. The summed E-state index contributed by atoms with van der Waals surface area (Å²) < 4.78 is 5.78. The zero-order chi connectivity index (χ0) is 18.1. The van der Waals surface area contributed by atoms with Gasteiger partial charge >= 0.3 is 0 Å². The Labute approximate surface area is 159 Å². The Hall–Kier alpha value is -2.38. The van der Waals surface area contributed by atoms with Crippen LogP contribution in [0, 0.1) is 0 Å². The number of nitrogens with zero attached hydrogens (tertiary/aromatic N) is 2. The number of amides is 1. The summed E-state index contributed by atoms with van der Waals surface area (Å²) in [6.45, 7) is 0. The van der Waals surface area contributed by atoms with Crippen molar-refractivity contribution in [3.63, 3.8) is 0 Å². The normalized spacial score (nSPS) is 16.0. The van der Waals surface area contributed by atoms with Gasteiger partial charge in [-0.2, -0.15) is 0 Å². The van der Waals surface area contributed by atoms with Crippen LogP contribution in [-0.4, -0.2) is 35.2 Å². The van der Waals surface area contributed by atoms with Crippen LogP contribution in [0.25, 0.3) is 6.08 Å². The van der Waals surface area contributed by atoms with Gasteiger partial charge in [0, 0.05) is 11.5 Å². The molecule has 1 fully saturated rings. The number of rotatable bonds is 3. The van der Waals surface area contributed by atoms with Gasteiger partial charge in [-0.05, 0) is 48.1 Å². The smallest absolute Gasteiger partial charge is 0.281 e. The molecular formula is C18H15BrN2O3S. The molecule has 0 aliphatic carbocycles. The van der Waals surface area contributed by atoms with E-state index in [0.717, 1.165) is 5.69 Å². The third kappa shape index (κ3) is 3.12. The molecular weight excluding hydrogens is 404 g/mol. The maximum absolute atomic E-state index is 12.9. The van der Waals surface area contributed by atoms with Crippen LogP contribution in [-0.2, 0) is 4.79 Å². The fourth-order valence-electron chi connectivity index (χ4n) is 2.54. The summed E-state index contributed by atoms with van der Waals surface area (Å²) in [7, 11) is 3.22. The monoisotopic (exact) mass is 418 g/mol. The van der Waals surface area contributed by atoms with Gasteiger partial charge in [-0.1, -0.05) is 34.1 Å². The topological polar surface area (TPSA) is 53.0 Å². The number of aromatic hydroxyl groups is 1. The Balaban J connectivity index is 2.05. The SMILES string of the molecule is COc1cc(/C=C2\C(=O)N(c3ccccc3)C(=S)N2C)c(Br)cc1O. The zero-order valence-corrected chi connectivity index (χ0v) is 16.0. The molecule has 1 amide bonds. The molecule has 25 heavy (non-hydrogen) atoms. The fraction of sp³-hybridized carbons (Fsp3) is 0.111. The van der Waals surface area contributed by atoms with Gasteiger partial charge in [-0.3, -0.25) is 9.69 Å². The van der Waals surface area contributed by atoms with Crippen LogP contribution in [0.2, 0.25) is 0 Å². The maximum Gasteiger partial charge on any atom is 0.281 e. The zero-order valence-electron chi connectivity index (χ0n) is 13.6. The van der Waals surface area contributed by atoms with Crippen LogP contribution in [0.5, 0.6) is 11.5 Å². The number of phenols is 1. The van der Waals surface area contributed by atoms with Gasteiger partial charge in [0.25, 0.3) is 5.91 Å². The molecule has 0 bridgehead atoms. The largest absolute Gasteiger partial charge is 0.504 e. The van der Waals surface area contributed by atoms with Gasteiger partial charge in [0.2, 0.25) is 0 Å². The van der Waals surface area contributed by atoms with Crippen LogP contribution >= 0.6 is 28.1 Å². The predicted molar refractivity (Wildman–Crippen MR) is 105 cm³/mol. The number of ether oxygens (including phenoxy) is 1. The second-order valence-corrected chi connectivity index (χ2v) is 6.61. The number of carbonyl (C=O) groups is 1. The predicted octanol–water partition coefficient (Wildman–Crippen LogP) is 3.77. The number of para-hydroxylation sites is 1. The molecule has 5 nitrogen and oxygen atoms in total. The number of hydrogen-bond donors (Lipinski definition) is 1. The molecule has 0 aromatic heterocycles. The Kier molecular flexibility index (Phi) is 4.78. The lowest BCUT2D eigenvalue weighted by Gasteiger charge is -2.16. The lowest BCUT2D eigenvalue weighted by molar-refractivity contribution is -0.114. The molecule has 1 saturated heterocycles. The highest BCUT2D eigenvalue weighted by molar-refractivity contribution is 9.10. The number of phenolic OH excluding ortho intramolecular Hbond substituents is 1. The molecule has 0 atom stereocenters. The molecule has 2 aromatic carbocycles. The number of methoxy groups -OCH3 is 1.